The van der Waals surface area contributed by atoms with Gasteiger partial charge in [-0.05, 0) is 61.2 Å². The molecule has 0 aliphatic carbocycles. The topological polar surface area (TPSA) is 75.7 Å². The van der Waals surface area contributed by atoms with Crippen LogP contribution in [0.2, 0.25) is 0 Å². The van der Waals surface area contributed by atoms with Gasteiger partial charge in [0.1, 0.15) is 5.75 Å². The summed E-state index contributed by atoms with van der Waals surface area (Å²) in [5.74, 6) is 0.434. The molecule has 0 saturated carbocycles. The fraction of sp³-hybridized carbons (Fsp3) is 0.350. The zero-order valence-electron chi connectivity index (χ0n) is 15.7. The Kier molecular flexibility index (Phi) is 6.74. The van der Waals surface area contributed by atoms with Crippen molar-refractivity contribution in [3.05, 3.63) is 52.5 Å². The molecule has 1 aliphatic rings. The van der Waals surface area contributed by atoms with Crippen LogP contribution in [-0.2, 0) is 21.2 Å². The van der Waals surface area contributed by atoms with Gasteiger partial charge in [-0.25, -0.2) is 8.42 Å². The molecule has 1 fully saturated rings. The van der Waals surface area contributed by atoms with Gasteiger partial charge in [-0.2, -0.15) is 4.31 Å². The summed E-state index contributed by atoms with van der Waals surface area (Å²) >= 11 is 3.37. The summed E-state index contributed by atoms with van der Waals surface area (Å²) in [6.45, 7) is 1.11. The number of carbonyl (C=O) groups is 1. The number of anilines is 1. The number of aryl methyl sites for hydroxylation is 1. The lowest BCUT2D eigenvalue weighted by molar-refractivity contribution is -0.116. The lowest BCUT2D eigenvalue weighted by Crippen LogP contribution is -2.28. The number of rotatable bonds is 7. The first-order valence-electron chi connectivity index (χ1n) is 9.12. The van der Waals surface area contributed by atoms with Crippen molar-refractivity contribution >= 4 is 37.5 Å². The maximum atomic E-state index is 12.8. The van der Waals surface area contributed by atoms with Crippen LogP contribution in [-0.4, -0.2) is 38.8 Å². The van der Waals surface area contributed by atoms with Crippen LogP contribution in [0.4, 0.5) is 5.69 Å². The van der Waals surface area contributed by atoms with Crippen LogP contribution in [0.25, 0.3) is 0 Å². The van der Waals surface area contributed by atoms with E-state index in [1.165, 1.54) is 11.4 Å². The highest BCUT2D eigenvalue weighted by Crippen LogP contribution is 2.27. The number of benzene rings is 2. The van der Waals surface area contributed by atoms with E-state index in [2.05, 4.69) is 21.2 Å². The van der Waals surface area contributed by atoms with E-state index in [0.29, 0.717) is 36.5 Å². The molecule has 1 amide bonds. The Morgan fingerprint density at radius 2 is 1.93 bits per heavy atom. The second-order valence-corrected chi connectivity index (χ2v) is 9.50. The molecule has 0 aromatic heterocycles. The molecule has 0 unspecified atom stereocenters. The summed E-state index contributed by atoms with van der Waals surface area (Å²) in [6, 6.07) is 12.2. The summed E-state index contributed by atoms with van der Waals surface area (Å²) in [6.07, 6.45) is 2.37. The number of amides is 1. The van der Waals surface area contributed by atoms with E-state index in [9.17, 15) is 13.2 Å². The molecule has 2 aromatic rings. The summed E-state index contributed by atoms with van der Waals surface area (Å²) in [7, 11) is -1.97. The van der Waals surface area contributed by atoms with Gasteiger partial charge in [-0.3, -0.25) is 4.79 Å². The highest BCUT2D eigenvalue weighted by atomic mass is 79.9. The van der Waals surface area contributed by atoms with Gasteiger partial charge in [-0.15, -0.1) is 0 Å². The first-order valence-corrected chi connectivity index (χ1v) is 11.4. The number of carbonyl (C=O) groups excluding carboxylic acids is 1. The van der Waals surface area contributed by atoms with Crippen molar-refractivity contribution in [1.82, 2.24) is 4.31 Å². The normalized spacial score (nSPS) is 14.8. The first kappa shape index (κ1) is 20.8. The van der Waals surface area contributed by atoms with Crippen molar-refractivity contribution in [3.63, 3.8) is 0 Å². The van der Waals surface area contributed by atoms with Crippen LogP contribution in [0.15, 0.2) is 51.8 Å². The van der Waals surface area contributed by atoms with E-state index in [-0.39, 0.29) is 17.2 Å². The molecule has 28 heavy (non-hydrogen) atoms. The lowest BCUT2D eigenvalue weighted by Gasteiger charge is -2.17. The summed E-state index contributed by atoms with van der Waals surface area (Å²) < 4.78 is 33.3. The fourth-order valence-electron chi connectivity index (χ4n) is 3.23. The molecule has 8 heteroatoms. The smallest absolute Gasteiger partial charge is 0.243 e. The molecule has 3 rings (SSSR count). The number of methoxy groups -OCH3 is 1. The average molecular weight is 467 g/mol. The Morgan fingerprint density at radius 3 is 2.61 bits per heavy atom. The number of ether oxygens (including phenoxy) is 1. The van der Waals surface area contributed by atoms with Crippen molar-refractivity contribution in [1.29, 1.82) is 0 Å². The van der Waals surface area contributed by atoms with Gasteiger partial charge in [0.05, 0.1) is 12.0 Å². The molecular formula is C20H23BrN2O4S. The molecule has 1 saturated heterocycles. The molecule has 0 spiro atoms. The van der Waals surface area contributed by atoms with Gasteiger partial charge < -0.3 is 10.1 Å². The van der Waals surface area contributed by atoms with Gasteiger partial charge in [0.25, 0.3) is 0 Å². The summed E-state index contributed by atoms with van der Waals surface area (Å²) in [5, 5.41) is 2.84. The predicted molar refractivity (Wildman–Crippen MR) is 112 cm³/mol. The molecule has 150 valence electrons. The van der Waals surface area contributed by atoms with Gasteiger partial charge in [0.2, 0.25) is 15.9 Å². The van der Waals surface area contributed by atoms with E-state index in [4.69, 9.17) is 4.74 Å². The largest absolute Gasteiger partial charge is 0.496 e. The molecular weight excluding hydrogens is 444 g/mol. The molecule has 1 heterocycles. The second kappa shape index (κ2) is 9.07. The van der Waals surface area contributed by atoms with E-state index in [1.54, 1.807) is 18.2 Å². The molecule has 0 atom stereocenters. The minimum Gasteiger partial charge on any atom is -0.496 e. The Labute approximate surface area is 174 Å². The Bertz CT molecular complexity index is 956. The number of nitrogens with zero attached hydrogens (tertiary/aromatic N) is 1. The van der Waals surface area contributed by atoms with Crippen LogP contribution < -0.4 is 10.1 Å². The fourth-order valence-corrected chi connectivity index (χ4v) is 5.19. The minimum atomic E-state index is -3.51. The number of hydrogen-bond acceptors (Lipinski definition) is 4. The van der Waals surface area contributed by atoms with E-state index in [0.717, 1.165) is 17.3 Å². The van der Waals surface area contributed by atoms with Crippen molar-refractivity contribution in [3.8, 4) is 5.75 Å². The van der Waals surface area contributed by atoms with Crippen molar-refractivity contribution < 1.29 is 17.9 Å². The molecule has 0 bridgehead atoms. The summed E-state index contributed by atoms with van der Waals surface area (Å²) in [5.41, 5.74) is 1.41. The summed E-state index contributed by atoms with van der Waals surface area (Å²) in [4.78, 5) is 12.5. The highest BCUT2D eigenvalue weighted by Gasteiger charge is 2.27. The molecule has 1 N–H and O–H groups in total. The van der Waals surface area contributed by atoms with Crippen LogP contribution >= 0.6 is 15.9 Å². The standard InChI is InChI=1S/C20H23BrN2O4S/c1-27-19-9-8-18(28(25,26)23-11-2-3-12-23)13-15(19)7-10-20(24)22-17-6-4-5-16(21)14-17/h4-6,8-9,13-14H,2-3,7,10-12H2,1H3,(H,22,24). The van der Waals surface area contributed by atoms with Crippen LogP contribution in [0.1, 0.15) is 24.8 Å². The van der Waals surface area contributed by atoms with Gasteiger partial charge in [0.15, 0.2) is 0 Å². The Morgan fingerprint density at radius 1 is 1.18 bits per heavy atom. The number of sulfonamides is 1. The second-order valence-electron chi connectivity index (χ2n) is 6.64. The van der Waals surface area contributed by atoms with E-state index >= 15 is 0 Å². The van der Waals surface area contributed by atoms with Crippen molar-refractivity contribution in [2.24, 2.45) is 0 Å². The maximum Gasteiger partial charge on any atom is 0.243 e. The maximum absolute atomic E-state index is 12.8. The number of halogens is 1. The van der Waals surface area contributed by atoms with E-state index < -0.39 is 10.0 Å². The quantitative estimate of drug-likeness (QED) is 0.672. The first-order chi connectivity index (χ1) is 13.4. The van der Waals surface area contributed by atoms with Gasteiger partial charge in [0, 0.05) is 29.7 Å². The van der Waals surface area contributed by atoms with E-state index in [1.807, 2.05) is 24.3 Å². The van der Waals surface area contributed by atoms with Crippen LogP contribution in [0, 0.1) is 0 Å². The molecule has 6 nitrogen and oxygen atoms in total. The molecule has 2 aromatic carbocycles. The molecule has 1 aliphatic heterocycles. The Hall–Kier alpha value is -1.90. The highest BCUT2D eigenvalue weighted by molar-refractivity contribution is 9.10. The average Bonchev–Trinajstić information content (AvgIpc) is 3.22. The van der Waals surface area contributed by atoms with Gasteiger partial charge in [-0.1, -0.05) is 22.0 Å². The van der Waals surface area contributed by atoms with Crippen LogP contribution in [0.5, 0.6) is 5.75 Å². The number of hydrogen-bond donors (Lipinski definition) is 1. The zero-order valence-corrected chi connectivity index (χ0v) is 18.1. The van der Waals surface area contributed by atoms with Crippen molar-refractivity contribution in [2.45, 2.75) is 30.6 Å². The lowest BCUT2D eigenvalue weighted by atomic mass is 10.1. The minimum absolute atomic E-state index is 0.145. The van der Waals surface area contributed by atoms with Crippen LogP contribution in [0.3, 0.4) is 0 Å². The monoisotopic (exact) mass is 466 g/mol. The zero-order chi connectivity index (χ0) is 20.1. The third kappa shape index (κ3) is 4.92. The third-order valence-corrected chi connectivity index (χ3v) is 7.07. The third-order valence-electron chi connectivity index (χ3n) is 4.68. The molecule has 0 radical (unpaired) electrons. The SMILES string of the molecule is COc1ccc(S(=O)(=O)N2CCCC2)cc1CCC(=O)Nc1cccc(Br)c1. The Balaban J connectivity index is 1.72. The number of nitrogens with one attached hydrogen (secondary N) is 1. The van der Waals surface area contributed by atoms with Gasteiger partial charge >= 0.3 is 0 Å². The van der Waals surface area contributed by atoms with Crippen molar-refractivity contribution in [2.75, 3.05) is 25.5 Å². The predicted octanol–water partition coefficient (Wildman–Crippen LogP) is 3.81.